The molecule has 1 atom stereocenters. The fourth-order valence-electron chi connectivity index (χ4n) is 3.88. The lowest BCUT2D eigenvalue weighted by Crippen LogP contribution is -2.15. The number of rotatable bonds is 7. The number of aromatic nitrogens is 3. The van der Waals surface area contributed by atoms with Crippen LogP contribution >= 0.6 is 23.1 Å². The highest BCUT2D eigenvalue weighted by molar-refractivity contribution is 7.99. The van der Waals surface area contributed by atoms with Gasteiger partial charge in [-0.3, -0.25) is 4.79 Å². The second kappa shape index (κ2) is 9.44. The lowest BCUT2D eigenvalue weighted by atomic mass is 9.87. The first-order valence-corrected chi connectivity index (χ1v) is 12.5. The molecule has 2 heterocycles. The molecule has 0 saturated carbocycles. The fourth-order valence-corrected chi connectivity index (χ4v) is 5.82. The van der Waals surface area contributed by atoms with Crippen LogP contribution in [0.3, 0.4) is 0 Å². The molecule has 1 unspecified atom stereocenters. The minimum Gasteiger partial charge on any atom is -0.378 e. The molecule has 0 bridgehead atoms. The summed E-state index contributed by atoms with van der Waals surface area (Å²) < 4.78 is 2.00. The Kier molecular flexibility index (Phi) is 6.67. The average Bonchev–Trinajstić information content (AvgIpc) is 3.34. The zero-order valence-corrected chi connectivity index (χ0v) is 20.1. The van der Waals surface area contributed by atoms with E-state index >= 15 is 0 Å². The number of aryl methyl sites for hydroxylation is 1. The van der Waals surface area contributed by atoms with E-state index in [2.05, 4.69) is 28.5 Å². The Morgan fingerprint density at radius 2 is 2.06 bits per heavy atom. The third-order valence-corrected chi connectivity index (χ3v) is 8.07. The quantitative estimate of drug-likeness (QED) is 0.516. The summed E-state index contributed by atoms with van der Waals surface area (Å²) in [5.74, 6) is 1.93. The van der Waals surface area contributed by atoms with Crippen molar-refractivity contribution < 1.29 is 4.79 Å². The van der Waals surface area contributed by atoms with Crippen molar-refractivity contribution in [1.29, 1.82) is 0 Å². The number of thioether (sulfide) groups is 1. The first-order chi connectivity index (χ1) is 14.9. The lowest BCUT2D eigenvalue weighted by Gasteiger charge is -2.19. The van der Waals surface area contributed by atoms with E-state index in [4.69, 9.17) is 0 Å². The fraction of sp³-hybridized carbons (Fsp3) is 0.435. The standard InChI is InChI=1S/C23H29N5OS2/c1-5-15-6-11-19-16(12-15)13-20(31-19)22-25-26-23(28(22)4)30-14-21(29)24-17-7-9-18(10-8-17)27(2)3/h7-10,13,15H,5-6,11-12,14H2,1-4H3,(H,24,29). The van der Waals surface area contributed by atoms with Crippen LogP contribution in [0, 0.1) is 5.92 Å². The summed E-state index contributed by atoms with van der Waals surface area (Å²) in [5, 5.41) is 12.5. The van der Waals surface area contributed by atoms with E-state index in [1.807, 2.05) is 66.2 Å². The molecule has 1 aliphatic rings. The number of hydrogen-bond donors (Lipinski definition) is 1. The molecule has 6 nitrogen and oxygen atoms in total. The number of nitrogens with zero attached hydrogens (tertiary/aromatic N) is 4. The number of anilines is 2. The van der Waals surface area contributed by atoms with Gasteiger partial charge in [-0.25, -0.2) is 0 Å². The third-order valence-electron chi connectivity index (χ3n) is 5.82. The van der Waals surface area contributed by atoms with Crippen molar-refractivity contribution in [1.82, 2.24) is 14.8 Å². The van der Waals surface area contributed by atoms with Crippen LogP contribution in [0.5, 0.6) is 0 Å². The van der Waals surface area contributed by atoms with Crippen LogP contribution in [0.25, 0.3) is 10.7 Å². The second-order valence-electron chi connectivity index (χ2n) is 8.22. The molecule has 4 rings (SSSR count). The molecule has 1 amide bonds. The average molecular weight is 456 g/mol. The molecule has 0 spiro atoms. The summed E-state index contributed by atoms with van der Waals surface area (Å²) in [6.45, 7) is 2.28. The first-order valence-electron chi connectivity index (χ1n) is 10.7. The Labute approximate surface area is 192 Å². The van der Waals surface area contributed by atoms with Crippen LogP contribution in [0.1, 0.15) is 30.2 Å². The van der Waals surface area contributed by atoms with Crippen LogP contribution in [0.15, 0.2) is 35.5 Å². The number of carbonyl (C=O) groups excluding carboxylic acids is 1. The van der Waals surface area contributed by atoms with E-state index in [1.54, 1.807) is 0 Å². The highest BCUT2D eigenvalue weighted by atomic mass is 32.2. The highest BCUT2D eigenvalue weighted by Crippen LogP contribution is 2.38. The van der Waals surface area contributed by atoms with Crippen molar-refractivity contribution in [2.24, 2.45) is 13.0 Å². The Hall–Kier alpha value is -2.32. The number of thiophene rings is 1. The molecule has 8 heteroatoms. The van der Waals surface area contributed by atoms with Crippen LogP contribution in [0.4, 0.5) is 11.4 Å². The van der Waals surface area contributed by atoms with Crippen LogP contribution < -0.4 is 10.2 Å². The van der Waals surface area contributed by atoms with E-state index in [0.717, 1.165) is 28.3 Å². The van der Waals surface area contributed by atoms with Crippen LogP contribution in [0.2, 0.25) is 0 Å². The topological polar surface area (TPSA) is 63.1 Å². The summed E-state index contributed by atoms with van der Waals surface area (Å²) in [5.41, 5.74) is 3.37. The van der Waals surface area contributed by atoms with E-state index in [1.165, 1.54) is 52.8 Å². The molecule has 1 aliphatic carbocycles. The number of benzene rings is 1. The van der Waals surface area contributed by atoms with Gasteiger partial charge < -0.3 is 14.8 Å². The highest BCUT2D eigenvalue weighted by Gasteiger charge is 2.22. The van der Waals surface area contributed by atoms with E-state index in [-0.39, 0.29) is 5.91 Å². The number of carbonyl (C=O) groups is 1. The van der Waals surface area contributed by atoms with Crippen LogP contribution in [-0.4, -0.2) is 40.5 Å². The van der Waals surface area contributed by atoms with Crippen molar-refractivity contribution >= 4 is 40.4 Å². The lowest BCUT2D eigenvalue weighted by molar-refractivity contribution is -0.113. The van der Waals surface area contributed by atoms with Crippen molar-refractivity contribution in [2.75, 3.05) is 30.1 Å². The van der Waals surface area contributed by atoms with Crippen LogP contribution in [-0.2, 0) is 24.7 Å². The molecule has 1 N–H and O–H groups in total. The van der Waals surface area contributed by atoms with Gasteiger partial charge in [0, 0.05) is 37.4 Å². The Bertz CT molecular complexity index is 1050. The van der Waals surface area contributed by atoms with Crippen molar-refractivity contribution in [3.63, 3.8) is 0 Å². The number of nitrogens with one attached hydrogen (secondary N) is 1. The Morgan fingerprint density at radius 3 is 2.77 bits per heavy atom. The molecule has 2 aromatic heterocycles. The third kappa shape index (κ3) is 4.96. The Balaban J connectivity index is 1.38. The molecule has 164 valence electrons. The maximum absolute atomic E-state index is 12.4. The van der Waals surface area contributed by atoms with Gasteiger partial charge in [0.2, 0.25) is 5.91 Å². The summed E-state index contributed by atoms with van der Waals surface area (Å²) >= 11 is 3.25. The molecule has 0 radical (unpaired) electrons. The molecule has 31 heavy (non-hydrogen) atoms. The summed E-state index contributed by atoms with van der Waals surface area (Å²) in [6, 6.07) is 10.1. The van der Waals surface area contributed by atoms with E-state index < -0.39 is 0 Å². The normalized spacial score (nSPS) is 15.5. The Morgan fingerprint density at radius 1 is 1.29 bits per heavy atom. The van der Waals surface area contributed by atoms with E-state index in [0.29, 0.717) is 5.75 Å². The summed E-state index contributed by atoms with van der Waals surface area (Å²) in [4.78, 5) is 17.1. The van der Waals surface area contributed by atoms with Gasteiger partial charge in [-0.1, -0.05) is 25.1 Å². The molecular formula is C23H29N5OS2. The molecule has 1 aromatic carbocycles. The predicted molar refractivity (Wildman–Crippen MR) is 130 cm³/mol. The molecule has 3 aromatic rings. The number of amides is 1. The van der Waals surface area contributed by atoms with E-state index in [9.17, 15) is 4.79 Å². The predicted octanol–water partition coefficient (Wildman–Crippen LogP) is 4.86. The van der Waals surface area contributed by atoms with Gasteiger partial charge in [-0.05, 0) is 61.1 Å². The van der Waals surface area contributed by atoms with Gasteiger partial charge in [0.25, 0.3) is 0 Å². The zero-order valence-electron chi connectivity index (χ0n) is 18.5. The van der Waals surface area contributed by atoms with Gasteiger partial charge in [-0.15, -0.1) is 21.5 Å². The van der Waals surface area contributed by atoms with Gasteiger partial charge in [0.1, 0.15) is 0 Å². The number of hydrogen-bond acceptors (Lipinski definition) is 6. The second-order valence-corrected chi connectivity index (χ2v) is 10.3. The molecule has 0 saturated heterocycles. The molecular weight excluding hydrogens is 426 g/mol. The molecule has 0 fully saturated rings. The molecule has 0 aliphatic heterocycles. The van der Waals surface area contributed by atoms with Crippen molar-refractivity contribution in [2.45, 2.75) is 37.8 Å². The largest absolute Gasteiger partial charge is 0.378 e. The summed E-state index contributed by atoms with van der Waals surface area (Å²) in [6.07, 6.45) is 4.89. The minimum atomic E-state index is -0.0515. The smallest absolute Gasteiger partial charge is 0.234 e. The monoisotopic (exact) mass is 455 g/mol. The van der Waals surface area contributed by atoms with Crippen molar-refractivity contribution in [3.05, 3.63) is 40.8 Å². The SMILES string of the molecule is CCC1CCc2sc(-c3nnc(SCC(=O)Nc4ccc(N(C)C)cc4)n3C)cc2C1. The first kappa shape index (κ1) is 21.9. The maximum Gasteiger partial charge on any atom is 0.234 e. The van der Waals surface area contributed by atoms with Gasteiger partial charge in [0.15, 0.2) is 11.0 Å². The van der Waals surface area contributed by atoms with Crippen molar-refractivity contribution in [3.8, 4) is 10.7 Å². The van der Waals surface area contributed by atoms with Gasteiger partial charge >= 0.3 is 0 Å². The maximum atomic E-state index is 12.4. The summed E-state index contributed by atoms with van der Waals surface area (Å²) in [7, 11) is 5.96. The number of fused-ring (bicyclic) bond motifs is 1. The zero-order chi connectivity index (χ0) is 22.0. The van der Waals surface area contributed by atoms with Gasteiger partial charge in [0.05, 0.1) is 10.6 Å². The minimum absolute atomic E-state index is 0.0515. The van der Waals surface area contributed by atoms with Gasteiger partial charge in [-0.2, -0.15) is 0 Å².